The number of nitrogens with one attached hydrogen (secondary N) is 1. The van der Waals surface area contributed by atoms with Crippen molar-refractivity contribution in [2.24, 2.45) is 11.7 Å². The fourth-order valence-electron chi connectivity index (χ4n) is 3.82. The molecule has 5 heteroatoms. The maximum absolute atomic E-state index is 12.7. The van der Waals surface area contributed by atoms with Crippen LogP contribution in [0.5, 0.6) is 5.75 Å². The molecule has 3 N–H and O–H groups in total. The van der Waals surface area contributed by atoms with Gasteiger partial charge in [-0.2, -0.15) is 0 Å². The summed E-state index contributed by atoms with van der Waals surface area (Å²) in [6, 6.07) is 18.0. The third-order valence-corrected chi connectivity index (χ3v) is 5.53. The molecule has 3 rings (SSSR count). The first kappa shape index (κ1) is 19.4. The Morgan fingerprint density at radius 2 is 2.00 bits per heavy atom. The lowest BCUT2D eigenvalue weighted by Gasteiger charge is -2.23. The summed E-state index contributed by atoms with van der Waals surface area (Å²) in [4.78, 5) is 14.9. The normalized spacial score (nSPS) is 21.0. The maximum Gasteiger partial charge on any atom is 0.237 e. The lowest BCUT2D eigenvalue weighted by Crippen LogP contribution is -2.44. The Labute approximate surface area is 161 Å². The zero-order chi connectivity index (χ0) is 19.2. The lowest BCUT2D eigenvalue weighted by molar-refractivity contribution is -0.125. The Morgan fingerprint density at radius 1 is 1.22 bits per heavy atom. The van der Waals surface area contributed by atoms with Crippen LogP contribution in [0, 0.1) is 5.92 Å². The quantitative estimate of drug-likeness (QED) is 0.788. The van der Waals surface area contributed by atoms with Crippen LogP contribution in [0.3, 0.4) is 0 Å². The summed E-state index contributed by atoms with van der Waals surface area (Å²) in [7, 11) is 1.64. The van der Waals surface area contributed by atoms with E-state index in [0.717, 1.165) is 24.4 Å². The van der Waals surface area contributed by atoms with Crippen LogP contribution in [-0.4, -0.2) is 43.6 Å². The van der Waals surface area contributed by atoms with Crippen LogP contribution >= 0.6 is 0 Å². The summed E-state index contributed by atoms with van der Waals surface area (Å²) < 4.78 is 5.24. The van der Waals surface area contributed by atoms with Gasteiger partial charge >= 0.3 is 0 Å². The average Bonchev–Trinajstić information content (AvgIpc) is 3.16. The average molecular weight is 367 g/mol. The van der Waals surface area contributed by atoms with Crippen LogP contribution in [0.2, 0.25) is 0 Å². The summed E-state index contributed by atoms with van der Waals surface area (Å²) in [5, 5.41) is 3.05. The number of ether oxygens (including phenoxy) is 1. The zero-order valence-corrected chi connectivity index (χ0v) is 16.1. The minimum atomic E-state index is -0.182. The largest absolute Gasteiger partial charge is 0.497 e. The van der Waals surface area contributed by atoms with Gasteiger partial charge in [0.2, 0.25) is 5.91 Å². The predicted octanol–water partition coefficient (Wildman–Crippen LogP) is 2.37. The molecule has 1 heterocycles. The third-order valence-electron chi connectivity index (χ3n) is 5.53. The van der Waals surface area contributed by atoms with E-state index in [1.807, 2.05) is 37.3 Å². The second-order valence-corrected chi connectivity index (χ2v) is 7.21. The minimum absolute atomic E-state index is 0.0438. The molecule has 1 aliphatic heterocycles. The van der Waals surface area contributed by atoms with E-state index in [2.05, 4.69) is 34.5 Å². The Bertz CT molecular complexity index is 750. The van der Waals surface area contributed by atoms with Gasteiger partial charge in [0.1, 0.15) is 5.75 Å². The molecule has 1 fully saturated rings. The van der Waals surface area contributed by atoms with Gasteiger partial charge in [0, 0.05) is 25.6 Å². The highest BCUT2D eigenvalue weighted by Crippen LogP contribution is 2.33. The van der Waals surface area contributed by atoms with Gasteiger partial charge in [0.05, 0.1) is 13.2 Å². The number of nitrogens with zero attached hydrogens (tertiary/aromatic N) is 1. The first-order valence-electron chi connectivity index (χ1n) is 9.52. The number of rotatable bonds is 7. The van der Waals surface area contributed by atoms with Gasteiger partial charge in [0.25, 0.3) is 0 Å². The highest BCUT2D eigenvalue weighted by Gasteiger charge is 2.36. The van der Waals surface area contributed by atoms with Crippen LogP contribution < -0.4 is 15.8 Å². The van der Waals surface area contributed by atoms with E-state index in [1.54, 1.807) is 7.11 Å². The number of likely N-dealkylation sites (tertiary alicyclic amines) is 1. The molecule has 2 aromatic carbocycles. The van der Waals surface area contributed by atoms with Crippen LogP contribution in [-0.2, 0) is 11.3 Å². The van der Waals surface area contributed by atoms with Crippen molar-refractivity contribution in [2.45, 2.75) is 25.4 Å². The Balaban J connectivity index is 1.59. The number of nitrogens with two attached hydrogens (primary N) is 1. The van der Waals surface area contributed by atoms with E-state index in [4.69, 9.17) is 10.5 Å². The van der Waals surface area contributed by atoms with Crippen molar-refractivity contribution in [3.63, 3.8) is 0 Å². The van der Waals surface area contributed by atoms with Crippen molar-refractivity contribution in [3.05, 3.63) is 65.7 Å². The zero-order valence-electron chi connectivity index (χ0n) is 16.1. The fraction of sp³-hybridized carbons (Fsp3) is 0.409. The molecule has 0 aliphatic carbocycles. The molecule has 1 amide bonds. The van der Waals surface area contributed by atoms with Gasteiger partial charge in [0.15, 0.2) is 0 Å². The molecule has 5 nitrogen and oxygen atoms in total. The van der Waals surface area contributed by atoms with Crippen LogP contribution in [0.1, 0.15) is 24.0 Å². The van der Waals surface area contributed by atoms with Crippen molar-refractivity contribution < 1.29 is 9.53 Å². The van der Waals surface area contributed by atoms with Gasteiger partial charge in [-0.15, -0.1) is 0 Å². The van der Waals surface area contributed by atoms with Crippen molar-refractivity contribution in [1.82, 2.24) is 10.2 Å². The first-order valence-corrected chi connectivity index (χ1v) is 9.52. The number of hydrogen-bond donors (Lipinski definition) is 2. The Hall–Kier alpha value is -2.37. The molecule has 1 saturated heterocycles. The summed E-state index contributed by atoms with van der Waals surface area (Å²) in [6.45, 7) is 4.82. The first-order chi connectivity index (χ1) is 13.1. The third kappa shape index (κ3) is 4.67. The van der Waals surface area contributed by atoms with Crippen LogP contribution in [0.4, 0.5) is 0 Å². The minimum Gasteiger partial charge on any atom is -0.497 e. The van der Waals surface area contributed by atoms with Gasteiger partial charge in [-0.1, -0.05) is 42.5 Å². The van der Waals surface area contributed by atoms with Crippen molar-refractivity contribution in [2.75, 3.05) is 26.7 Å². The number of methoxy groups -OCH3 is 1. The molecule has 0 radical (unpaired) electrons. The van der Waals surface area contributed by atoms with Gasteiger partial charge < -0.3 is 15.8 Å². The second kappa shape index (κ2) is 9.02. The Kier molecular flexibility index (Phi) is 6.48. The molecule has 0 saturated carbocycles. The SMILES string of the molecule is COc1cccc(CNC(=O)C(C)N2C[C@@H](CN)[C@H](c3ccccc3)C2)c1. The molecule has 0 spiro atoms. The summed E-state index contributed by atoms with van der Waals surface area (Å²) in [6.07, 6.45) is 0. The molecular formula is C22H29N3O2. The van der Waals surface area contributed by atoms with Gasteiger partial charge in [-0.05, 0) is 42.6 Å². The number of carbonyl (C=O) groups is 1. The second-order valence-electron chi connectivity index (χ2n) is 7.21. The van der Waals surface area contributed by atoms with Crippen molar-refractivity contribution in [1.29, 1.82) is 0 Å². The number of carbonyl (C=O) groups excluding carboxylic acids is 1. The number of amides is 1. The molecule has 144 valence electrons. The van der Waals surface area contributed by atoms with E-state index in [1.165, 1.54) is 5.56 Å². The van der Waals surface area contributed by atoms with E-state index in [9.17, 15) is 4.79 Å². The molecule has 2 aromatic rings. The molecule has 1 aliphatic rings. The van der Waals surface area contributed by atoms with Gasteiger partial charge in [-0.3, -0.25) is 9.69 Å². The number of hydrogen-bond acceptors (Lipinski definition) is 4. The monoisotopic (exact) mass is 367 g/mol. The van der Waals surface area contributed by atoms with Crippen molar-refractivity contribution >= 4 is 5.91 Å². The molecule has 3 atom stereocenters. The highest BCUT2D eigenvalue weighted by atomic mass is 16.5. The molecule has 27 heavy (non-hydrogen) atoms. The fourth-order valence-corrected chi connectivity index (χ4v) is 3.82. The summed E-state index contributed by atoms with van der Waals surface area (Å²) in [5.74, 6) is 1.60. The number of benzene rings is 2. The van der Waals surface area contributed by atoms with Crippen LogP contribution in [0.15, 0.2) is 54.6 Å². The molecule has 0 bridgehead atoms. The molecular weight excluding hydrogens is 338 g/mol. The van der Waals surface area contributed by atoms with E-state index in [0.29, 0.717) is 24.9 Å². The standard InChI is InChI=1S/C22H29N3O2/c1-16(22(26)24-13-17-7-6-10-20(11-17)27-2)25-14-19(12-23)21(15-25)18-8-4-3-5-9-18/h3-11,16,19,21H,12-15,23H2,1-2H3,(H,24,26)/t16?,19-,21+/m1/s1. The summed E-state index contributed by atoms with van der Waals surface area (Å²) >= 11 is 0. The maximum atomic E-state index is 12.7. The molecule has 1 unspecified atom stereocenters. The van der Waals surface area contributed by atoms with E-state index >= 15 is 0 Å². The van der Waals surface area contributed by atoms with Crippen molar-refractivity contribution in [3.8, 4) is 5.75 Å². The Morgan fingerprint density at radius 3 is 2.70 bits per heavy atom. The van der Waals surface area contributed by atoms with Crippen LogP contribution in [0.25, 0.3) is 0 Å². The topological polar surface area (TPSA) is 67.6 Å². The van der Waals surface area contributed by atoms with Gasteiger partial charge in [-0.25, -0.2) is 0 Å². The highest BCUT2D eigenvalue weighted by molar-refractivity contribution is 5.81. The summed E-state index contributed by atoms with van der Waals surface area (Å²) in [5.41, 5.74) is 8.35. The van der Waals surface area contributed by atoms with E-state index < -0.39 is 0 Å². The van der Waals surface area contributed by atoms with E-state index in [-0.39, 0.29) is 11.9 Å². The lowest BCUT2D eigenvalue weighted by atomic mass is 9.89. The smallest absolute Gasteiger partial charge is 0.237 e. The molecule has 0 aromatic heterocycles. The predicted molar refractivity (Wildman–Crippen MR) is 108 cm³/mol.